The predicted octanol–water partition coefficient (Wildman–Crippen LogP) is 3.63. The van der Waals surface area contributed by atoms with Crippen molar-refractivity contribution in [3.8, 4) is 0 Å². The molecule has 1 fully saturated rings. The Hall–Kier alpha value is 0.1000. The van der Waals surface area contributed by atoms with Gasteiger partial charge in [-0.3, -0.25) is 4.90 Å². The Morgan fingerprint density at radius 3 is 2.88 bits per heavy atom. The summed E-state index contributed by atoms with van der Waals surface area (Å²) in [7, 11) is 0. The smallest absolute Gasteiger partial charge is 0.0567 e. The van der Waals surface area contributed by atoms with Crippen molar-refractivity contribution >= 4 is 27.3 Å². The van der Waals surface area contributed by atoms with Crippen LogP contribution in [0.5, 0.6) is 0 Å². The fraction of sp³-hybridized carbons (Fsp3) is 0.692. The van der Waals surface area contributed by atoms with Gasteiger partial charge in [0.15, 0.2) is 0 Å². The molecule has 3 atom stereocenters. The molecule has 4 heteroatoms. The van der Waals surface area contributed by atoms with Crippen molar-refractivity contribution in [3.63, 3.8) is 0 Å². The van der Waals surface area contributed by atoms with Gasteiger partial charge in [0.05, 0.1) is 6.04 Å². The lowest BCUT2D eigenvalue weighted by Crippen LogP contribution is -2.44. The molecule has 0 bridgehead atoms. The van der Waals surface area contributed by atoms with Crippen LogP contribution in [0.1, 0.15) is 37.6 Å². The highest BCUT2D eigenvalue weighted by atomic mass is 79.9. The quantitative estimate of drug-likeness (QED) is 0.922. The van der Waals surface area contributed by atoms with Crippen LogP contribution >= 0.6 is 27.3 Å². The van der Waals surface area contributed by atoms with Gasteiger partial charge in [-0.2, -0.15) is 0 Å². The third kappa shape index (κ3) is 3.11. The average Bonchev–Trinajstić information content (AvgIpc) is 2.69. The van der Waals surface area contributed by atoms with E-state index in [9.17, 15) is 0 Å². The first-order chi connectivity index (χ1) is 8.11. The minimum absolute atomic E-state index is 0.397. The second-order valence-corrected chi connectivity index (χ2v) is 6.99. The SMILES string of the molecule is CC1CCN(C(CN)c2cc(Br)cs2)C(C)C1. The van der Waals surface area contributed by atoms with Gasteiger partial charge < -0.3 is 5.73 Å². The van der Waals surface area contributed by atoms with Crippen LogP contribution in [-0.4, -0.2) is 24.0 Å². The molecule has 2 N–H and O–H groups in total. The van der Waals surface area contributed by atoms with E-state index in [4.69, 9.17) is 5.73 Å². The molecular weight excluding hydrogens is 296 g/mol. The summed E-state index contributed by atoms with van der Waals surface area (Å²) in [5, 5.41) is 2.15. The molecule has 3 unspecified atom stereocenters. The largest absolute Gasteiger partial charge is 0.329 e. The molecular formula is C13H21BrN2S. The molecule has 2 rings (SSSR count). The Balaban J connectivity index is 2.13. The Morgan fingerprint density at radius 2 is 2.35 bits per heavy atom. The van der Waals surface area contributed by atoms with Gasteiger partial charge >= 0.3 is 0 Å². The van der Waals surface area contributed by atoms with Gasteiger partial charge in [-0.1, -0.05) is 6.92 Å². The van der Waals surface area contributed by atoms with Gasteiger partial charge in [0.1, 0.15) is 0 Å². The van der Waals surface area contributed by atoms with Gasteiger partial charge in [0.2, 0.25) is 0 Å². The number of hydrogen-bond acceptors (Lipinski definition) is 3. The number of likely N-dealkylation sites (tertiary alicyclic amines) is 1. The lowest BCUT2D eigenvalue weighted by molar-refractivity contribution is 0.0863. The van der Waals surface area contributed by atoms with Crippen molar-refractivity contribution in [1.82, 2.24) is 4.90 Å². The molecule has 96 valence electrons. The summed E-state index contributed by atoms with van der Waals surface area (Å²) in [6.45, 7) is 6.58. The maximum atomic E-state index is 5.99. The first kappa shape index (κ1) is 13.5. The van der Waals surface area contributed by atoms with E-state index in [1.807, 2.05) is 11.3 Å². The summed E-state index contributed by atoms with van der Waals surface area (Å²) in [5.41, 5.74) is 5.99. The van der Waals surface area contributed by atoms with E-state index >= 15 is 0 Å². The summed E-state index contributed by atoms with van der Waals surface area (Å²) in [4.78, 5) is 3.97. The standard InChI is InChI=1S/C13H21BrN2S/c1-9-3-4-16(10(2)5-9)12(7-15)13-6-11(14)8-17-13/h6,8-10,12H,3-5,7,15H2,1-2H3. The normalized spacial score (nSPS) is 28.2. The third-order valence-electron chi connectivity index (χ3n) is 3.73. The highest BCUT2D eigenvalue weighted by Crippen LogP contribution is 2.34. The molecule has 1 aliphatic heterocycles. The van der Waals surface area contributed by atoms with Crippen molar-refractivity contribution in [3.05, 3.63) is 20.8 Å². The summed E-state index contributed by atoms with van der Waals surface area (Å²) >= 11 is 5.34. The number of piperidine rings is 1. The number of hydrogen-bond donors (Lipinski definition) is 1. The number of rotatable bonds is 3. The first-order valence-electron chi connectivity index (χ1n) is 6.31. The zero-order valence-electron chi connectivity index (χ0n) is 10.5. The summed E-state index contributed by atoms with van der Waals surface area (Å²) in [6.07, 6.45) is 2.59. The fourth-order valence-electron chi connectivity index (χ4n) is 2.81. The number of halogens is 1. The number of thiophene rings is 1. The van der Waals surface area contributed by atoms with E-state index in [0.717, 1.165) is 5.92 Å². The van der Waals surface area contributed by atoms with Crippen molar-refractivity contribution in [1.29, 1.82) is 0 Å². The summed E-state index contributed by atoms with van der Waals surface area (Å²) < 4.78 is 1.17. The summed E-state index contributed by atoms with van der Waals surface area (Å²) in [5.74, 6) is 0.856. The van der Waals surface area contributed by atoms with Crippen LogP contribution in [0.25, 0.3) is 0 Å². The van der Waals surface area contributed by atoms with Gasteiger partial charge in [-0.05, 0) is 54.2 Å². The molecule has 1 aromatic rings. The van der Waals surface area contributed by atoms with E-state index in [1.54, 1.807) is 0 Å². The van der Waals surface area contributed by atoms with E-state index in [1.165, 1.54) is 28.7 Å². The zero-order valence-corrected chi connectivity index (χ0v) is 12.9. The third-order valence-corrected chi connectivity index (χ3v) is 5.52. The van der Waals surface area contributed by atoms with Crippen LogP contribution in [0.3, 0.4) is 0 Å². The van der Waals surface area contributed by atoms with Crippen molar-refractivity contribution < 1.29 is 0 Å². The second-order valence-electron chi connectivity index (χ2n) is 5.14. The molecule has 1 saturated heterocycles. The van der Waals surface area contributed by atoms with Crippen molar-refractivity contribution in [2.75, 3.05) is 13.1 Å². The Morgan fingerprint density at radius 1 is 1.59 bits per heavy atom. The van der Waals surface area contributed by atoms with E-state index in [0.29, 0.717) is 18.6 Å². The summed E-state index contributed by atoms with van der Waals surface area (Å²) in [6, 6.07) is 3.26. The van der Waals surface area contributed by atoms with Gasteiger partial charge in [-0.25, -0.2) is 0 Å². The molecule has 2 nitrogen and oxygen atoms in total. The molecule has 1 aliphatic rings. The molecule has 0 amide bonds. The Kier molecular flexibility index (Phi) is 4.64. The lowest BCUT2D eigenvalue weighted by Gasteiger charge is -2.41. The molecule has 0 aromatic carbocycles. The van der Waals surface area contributed by atoms with Crippen LogP contribution in [0.2, 0.25) is 0 Å². The fourth-order valence-corrected chi connectivity index (χ4v) is 4.39. The Bertz CT molecular complexity index is 366. The van der Waals surface area contributed by atoms with E-state index in [-0.39, 0.29) is 0 Å². The van der Waals surface area contributed by atoms with Crippen molar-refractivity contribution in [2.45, 2.75) is 38.8 Å². The minimum Gasteiger partial charge on any atom is -0.329 e. The van der Waals surface area contributed by atoms with Crippen LogP contribution in [0.4, 0.5) is 0 Å². The first-order valence-corrected chi connectivity index (χ1v) is 7.98. The minimum atomic E-state index is 0.397. The molecule has 0 saturated carbocycles. The maximum absolute atomic E-state index is 5.99. The molecule has 0 spiro atoms. The molecule has 2 heterocycles. The highest BCUT2D eigenvalue weighted by Gasteiger charge is 2.29. The predicted molar refractivity (Wildman–Crippen MR) is 78.4 cm³/mol. The van der Waals surface area contributed by atoms with Crippen molar-refractivity contribution in [2.24, 2.45) is 11.7 Å². The molecule has 0 aliphatic carbocycles. The molecule has 1 aromatic heterocycles. The Labute approximate surface area is 116 Å². The van der Waals surface area contributed by atoms with E-state index in [2.05, 4.69) is 46.1 Å². The van der Waals surface area contributed by atoms with Crippen LogP contribution in [0.15, 0.2) is 15.9 Å². The number of nitrogens with two attached hydrogens (primary N) is 1. The van der Waals surface area contributed by atoms with Gasteiger partial charge in [-0.15, -0.1) is 11.3 Å². The maximum Gasteiger partial charge on any atom is 0.0567 e. The zero-order chi connectivity index (χ0) is 12.4. The van der Waals surface area contributed by atoms with Gasteiger partial charge in [0.25, 0.3) is 0 Å². The average molecular weight is 317 g/mol. The molecule has 0 radical (unpaired) electrons. The topological polar surface area (TPSA) is 29.3 Å². The van der Waals surface area contributed by atoms with Crippen LogP contribution < -0.4 is 5.73 Å². The van der Waals surface area contributed by atoms with Gasteiger partial charge in [0, 0.05) is 27.3 Å². The van der Waals surface area contributed by atoms with Crippen LogP contribution in [-0.2, 0) is 0 Å². The van der Waals surface area contributed by atoms with Crippen LogP contribution in [0, 0.1) is 5.92 Å². The number of nitrogens with zero attached hydrogens (tertiary/aromatic N) is 1. The lowest BCUT2D eigenvalue weighted by atomic mass is 9.92. The highest BCUT2D eigenvalue weighted by molar-refractivity contribution is 9.10. The van der Waals surface area contributed by atoms with E-state index < -0.39 is 0 Å². The monoisotopic (exact) mass is 316 g/mol. The second kappa shape index (κ2) is 5.83. The molecule has 17 heavy (non-hydrogen) atoms.